The van der Waals surface area contributed by atoms with Crippen LogP contribution >= 0.6 is 11.3 Å². The van der Waals surface area contributed by atoms with Gasteiger partial charge in [0.25, 0.3) is 0 Å². The number of hydrogen-bond donors (Lipinski definition) is 0. The van der Waals surface area contributed by atoms with Gasteiger partial charge in [0.15, 0.2) is 0 Å². The van der Waals surface area contributed by atoms with Crippen molar-refractivity contribution in [2.24, 2.45) is 10.1 Å². The summed E-state index contributed by atoms with van der Waals surface area (Å²) in [7, 11) is 0. The molecule has 0 saturated carbocycles. The SMILES string of the molecule is CCN=c1scc(-c2ccc(F)cc2)n1N=C(C)c1ccc(C#N)cc1. The molecule has 0 aliphatic rings. The Morgan fingerprint density at radius 3 is 2.46 bits per heavy atom. The van der Waals surface area contributed by atoms with Crippen molar-refractivity contribution in [2.75, 3.05) is 6.54 Å². The number of benzene rings is 2. The van der Waals surface area contributed by atoms with Crippen LogP contribution in [0, 0.1) is 17.1 Å². The van der Waals surface area contributed by atoms with E-state index in [0.29, 0.717) is 12.1 Å². The Bertz CT molecular complexity index is 1040. The molecule has 130 valence electrons. The van der Waals surface area contributed by atoms with Crippen LogP contribution in [0.15, 0.2) is 64.0 Å². The van der Waals surface area contributed by atoms with Gasteiger partial charge in [-0.2, -0.15) is 10.4 Å². The molecular weight excluding hydrogens is 347 g/mol. The zero-order chi connectivity index (χ0) is 18.5. The average molecular weight is 364 g/mol. The fourth-order valence-corrected chi connectivity index (χ4v) is 3.35. The first-order chi connectivity index (χ1) is 12.6. The van der Waals surface area contributed by atoms with Crippen molar-refractivity contribution in [3.63, 3.8) is 0 Å². The third-order valence-electron chi connectivity index (χ3n) is 3.80. The van der Waals surface area contributed by atoms with Gasteiger partial charge in [0.2, 0.25) is 4.80 Å². The third-order valence-corrected chi connectivity index (χ3v) is 4.65. The van der Waals surface area contributed by atoms with Gasteiger partial charge >= 0.3 is 0 Å². The second-order valence-corrected chi connectivity index (χ2v) is 6.41. The van der Waals surface area contributed by atoms with E-state index in [2.05, 4.69) is 11.1 Å². The quantitative estimate of drug-likeness (QED) is 0.632. The first-order valence-corrected chi connectivity index (χ1v) is 9.03. The highest BCUT2D eigenvalue weighted by Gasteiger charge is 2.09. The van der Waals surface area contributed by atoms with Crippen molar-refractivity contribution in [1.82, 2.24) is 4.68 Å². The van der Waals surface area contributed by atoms with E-state index in [1.807, 2.05) is 31.4 Å². The van der Waals surface area contributed by atoms with Crippen LogP contribution in [0.1, 0.15) is 25.0 Å². The molecule has 2 aromatic carbocycles. The summed E-state index contributed by atoms with van der Waals surface area (Å²) in [6.45, 7) is 4.53. The molecule has 0 radical (unpaired) electrons. The average Bonchev–Trinajstić information content (AvgIpc) is 3.05. The lowest BCUT2D eigenvalue weighted by atomic mass is 10.1. The summed E-state index contributed by atoms with van der Waals surface area (Å²) >= 11 is 1.50. The lowest BCUT2D eigenvalue weighted by Gasteiger charge is -2.06. The summed E-state index contributed by atoms with van der Waals surface area (Å²) in [5.74, 6) is -0.272. The molecule has 0 aliphatic carbocycles. The zero-order valence-electron chi connectivity index (χ0n) is 14.5. The summed E-state index contributed by atoms with van der Waals surface area (Å²) in [5.41, 5.74) is 4.06. The maximum Gasteiger partial charge on any atom is 0.206 e. The number of hydrogen-bond acceptors (Lipinski definition) is 4. The maximum atomic E-state index is 13.2. The van der Waals surface area contributed by atoms with Crippen LogP contribution < -0.4 is 4.80 Å². The fourth-order valence-electron chi connectivity index (χ4n) is 2.45. The molecule has 0 bridgehead atoms. The molecule has 1 aromatic heterocycles. The molecule has 0 fully saturated rings. The Labute approximate surface area is 155 Å². The van der Waals surface area contributed by atoms with Crippen LogP contribution in [-0.2, 0) is 0 Å². The molecule has 0 unspecified atom stereocenters. The minimum absolute atomic E-state index is 0.272. The number of aromatic nitrogens is 1. The van der Waals surface area contributed by atoms with E-state index in [1.54, 1.807) is 28.9 Å². The van der Waals surface area contributed by atoms with Crippen molar-refractivity contribution in [2.45, 2.75) is 13.8 Å². The topological polar surface area (TPSA) is 53.4 Å². The number of nitriles is 1. The van der Waals surface area contributed by atoms with Gasteiger partial charge in [-0.1, -0.05) is 12.1 Å². The summed E-state index contributed by atoms with van der Waals surface area (Å²) in [4.78, 5) is 5.28. The van der Waals surface area contributed by atoms with Gasteiger partial charge in [-0.3, -0.25) is 4.99 Å². The molecular formula is C20H17FN4S. The van der Waals surface area contributed by atoms with Gasteiger partial charge in [-0.05, 0) is 55.8 Å². The highest BCUT2D eigenvalue weighted by Crippen LogP contribution is 2.21. The smallest absolute Gasteiger partial charge is 0.206 e. The van der Waals surface area contributed by atoms with E-state index in [1.165, 1.54) is 23.5 Å². The normalized spacial score (nSPS) is 12.2. The molecule has 3 rings (SSSR count). The van der Waals surface area contributed by atoms with E-state index in [4.69, 9.17) is 10.4 Å². The second kappa shape index (κ2) is 7.89. The van der Waals surface area contributed by atoms with Crippen molar-refractivity contribution < 1.29 is 4.39 Å². The first kappa shape index (κ1) is 17.8. The van der Waals surface area contributed by atoms with Crippen LogP contribution in [0.2, 0.25) is 0 Å². The third kappa shape index (κ3) is 3.79. The second-order valence-electron chi connectivity index (χ2n) is 5.57. The highest BCUT2D eigenvalue weighted by molar-refractivity contribution is 7.07. The Hall–Kier alpha value is -3.04. The lowest BCUT2D eigenvalue weighted by Crippen LogP contribution is -2.14. The van der Waals surface area contributed by atoms with E-state index in [9.17, 15) is 4.39 Å². The van der Waals surface area contributed by atoms with E-state index < -0.39 is 0 Å². The molecule has 4 nitrogen and oxygen atoms in total. The van der Waals surface area contributed by atoms with Gasteiger partial charge in [-0.25, -0.2) is 9.07 Å². The van der Waals surface area contributed by atoms with Crippen LogP contribution in [-0.4, -0.2) is 16.9 Å². The molecule has 3 aromatic rings. The minimum atomic E-state index is -0.272. The molecule has 0 atom stereocenters. The van der Waals surface area contributed by atoms with Gasteiger partial charge in [-0.15, -0.1) is 11.3 Å². The van der Waals surface area contributed by atoms with Crippen LogP contribution in [0.4, 0.5) is 4.39 Å². The predicted octanol–water partition coefficient (Wildman–Crippen LogP) is 4.42. The summed E-state index contributed by atoms with van der Waals surface area (Å²) in [6.07, 6.45) is 0. The van der Waals surface area contributed by atoms with Crippen molar-refractivity contribution in [1.29, 1.82) is 5.26 Å². The summed E-state index contributed by atoms with van der Waals surface area (Å²) in [5, 5.41) is 15.6. The predicted molar refractivity (Wildman–Crippen MR) is 103 cm³/mol. The molecule has 0 aliphatic heterocycles. The first-order valence-electron chi connectivity index (χ1n) is 8.15. The zero-order valence-corrected chi connectivity index (χ0v) is 15.3. The molecule has 0 N–H and O–H groups in total. The standard InChI is InChI=1S/C20H17FN4S/c1-3-23-20-25(19(13-26-20)17-8-10-18(21)11-9-17)24-14(2)16-6-4-15(12-22)5-7-16/h4-11,13H,3H2,1-2H3. The van der Waals surface area contributed by atoms with Crippen LogP contribution in [0.25, 0.3) is 11.3 Å². The molecule has 1 heterocycles. The molecule has 6 heteroatoms. The van der Waals surface area contributed by atoms with Gasteiger partial charge < -0.3 is 0 Å². The monoisotopic (exact) mass is 364 g/mol. The van der Waals surface area contributed by atoms with Crippen LogP contribution in [0.5, 0.6) is 0 Å². The Balaban J connectivity index is 2.10. The van der Waals surface area contributed by atoms with Gasteiger partial charge in [0.1, 0.15) is 5.82 Å². The lowest BCUT2D eigenvalue weighted by molar-refractivity contribution is 0.628. The summed E-state index contributed by atoms with van der Waals surface area (Å²) in [6, 6.07) is 15.7. The van der Waals surface area contributed by atoms with E-state index in [0.717, 1.165) is 27.3 Å². The highest BCUT2D eigenvalue weighted by atomic mass is 32.1. The minimum Gasteiger partial charge on any atom is -0.258 e. The maximum absolute atomic E-state index is 13.2. The largest absolute Gasteiger partial charge is 0.258 e. The van der Waals surface area contributed by atoms with Crippen LogP contribution in [0.3, 0.4) is 0 Å². The Kier molecular flexibility index (Phi) is 5.40. The fraction of sp³-hybridized carbons (Fsp3) is 0.150. The van der Waals surface area contributed by atoms with Crippen molar-refractivity contribution >= 4 is 17.0 Å². The van der Waals surface area contributed by atoms with E-state index >= 15 is 0 Å². The summed E-state index contributed by atoms with van der Waals surface area (Å²) < 4.78 is 15.0. The van der Waals surface area contributed by atoms with Crippen molar-refractivity contribution in [3.8, 4) is 17.3 Å². The van der Waals surface area contributed by atoms with Crippen molar-refractivity contribution in [3.05, 3.63) is 75.7 Å². The Morgan fingerprint density at radius 2 is 1.85 bits per heavy atom. The van der Waals surface area contributed by atoms with Gasteiger partial charge in [0.05, 0.1) is 23.0 Å². The molecule has 0 amide bonds. The number of nitrogens with zero attached hydrogens (tertiary/aromatic N) is 4. The molecule has 0 spiro atoms. The van der Waals surface area contributed by atoms with Gasteiger partial charge in [0, 0.05) is 17.5 Å². The molecule has 26 heavy (non-hydrogen) atoms. The number of rotatable bonds is 4. The van der Waals surface area contributed by atoms with E-state index in [-0.39, 0.29) is 5.82 Å². The number of thiazole rings is 1. The molecule has 0 saturated heterocycles. The Morgan fingerprint density at radius 1 is 1.15 bits per heavy atom. The number of halogens is 1.